The number of oxazole rings is 1. The van der Waals surface area contributed by atoms with E-state index in [0.717, 1.165) is 33.5 Å². The maximum Gasteiger partial charge on any atom is 0.227 e. The second-order valence-electron chi connectivity index (χ2n) is 5.91. The predicted octanol–water partition coefficient (Wildman–Crippen LogP) is 6.86. The maximum absolute atomic E-state index is 6.17. The van der Waals surface area contributed by atoms with Crippen molar-refractivity contribution in [2.75, 3.05) is 0 Å². The molecule has 0 radical (unpaired) electrons. The van der Waals surface area contributed by atoms with E-state index in [9.17, 15) is 0 Å². The van der Waals surface area contributed by atoms with Gasteiger partial charge in [-0.05, 0) is 48.9 Å². The van der Waals surface area contributed by atoms with Gasteiger partial charge >= 0.3 is 0 Å². The number of benzene rings is 3. The van der Waals surface area contributed by atoms with Gasteiger partial charge in [0.05, 0.1) is 10.7 Å². The Morgan fingerprint density at radius 3 is 2.65 bits per heavy atom. The van der Waals surface area contributed by atoms with Gasteiger partial charge in [-0.15, -0.1) is 0 Å². The lowest BCUT2D eigenvalue weighted by atomic mass is 10.1. The molecule has 4 aromatic rings. The average molecular weight is 381 g/mol. The summed E-state index contributed by atoms with van der Waals surface area (Å²) in [6.45, 7) is 2.04. The molecule has 0 bridgehead atoms. The number of hydrogen-bond acceptors (Lipinski definition) is 3. The van der Waals surface area contributed by atoms with Crippen LogP contribution in [-0.2, 0) is 0 Å². The third kappa shape index (κ3) is 3.36. The summed E-state index contributed by atoms with van der Waals surface area (Å²) in [5.74, 6) is 0.611. The number of aliphatic imine (C=N–C) groups is 1. The summed E-state index contributed by atoms with van der Waals surface area (Å²) in [4.78, 5) is 9.09. The minimum Gasteiger partial charge on any atom is -0.436 e. The van der Waals surface area contributed by atoms with E-state index in [1.54, 1.807) is 18.3 Å². The Balaban J connectivity index is 1.67. The van der Waals surface area contributed by atoms with Crippen molar-refractivity contribution in [2.24, 2.45) is 4.99 Å². The van der Waals surface area contributed by atoms with Crippen LogP contribution in [0.3, 0.4) is 0 Å². The minimum absolute atomic E-state index is 0.561. The van der Waals surface area contributed by atoms with E-state index >= 15 is 0 Å². The molecule has 26 heavy (non-hydrogen) atoms. The summed E-state index contributed by atoms with van der Waals surface area (Å²) in [5, 5.41) is 1.16. The van der Waals surface area contributed by atoms with Crippen LogP contribution in [0.1, 0.15) is 11.1 Å². The second-order valence-corrected chi connectivity index (χ2v) is 6.75. The molecule has 0 spiro atoms. The molecule has 128 valence electrons. The van der Waals surface area contributed by atoms with Crippen molar-refractivity contribution in [3.63, 3.8) is 0 Å². The molecule has 3 aromatic carbocycles. The zero-order valence-corrected chi connectivity index (χ0v) is 15.4. The van der Waals surface area contributed by atoms with Crippen molar-refractivity contribution in [2.45, 2.75) is 6.92 Å². The molecule has 5 heteroatoms. The molecule has 0 saturated carbocycles. The van der Waals surface area contributed by atoms with Gasteiger partial charge in [-0.1, -0.05) is 47.5 Å². The van der Waals surface area contributed by atoms with Crippen LogP contribution in [0, 0.1) is 6.92 Å². The number of nitrogens with zero attached hydrogens (tertiary/aromatic N) is 2. The Labute approximate surface area is 160 Å². The fraction of sp³-hybridized carbons (Fsp3) is 0.0476. The Bertz CT molecular complexity index is 1130. The first-order valence-electron chi connectivity index (χ1n) is 8.06. The van der Waals surface area contributed by atoms with E-state index in [2.05, 4.69) is 9.98 Å². The highest BCUT2D eigenvalue weighted by atomic mass is 35.5. The zero-order chi connectivity index (χ0) is 18.1. The van der Waals surface area contributed by atoms with Crippen LogP contribution in [0.4, 0.5) is 5.69 Å². The topological polar surface area (TPSA) is 38.4 Å². The molecular formula is C21H14Cl2N2O. The summed E-state index contributed by atoms with van der Waals surface area (Å²) in [7, 11) is 0. The molecule has 1 aromatic heterocycles. The van der Waals surface area contributed by atoms with Gasteiger partial charge in [-0.3, -0.25) is 4.99 Å². The highest BCUT2D eigenvalue weighted by Gasteiger charge is 2.10. The van der Waals surface area contributed by atoms with Crippen LogP contribution in [0.15, 0.2) is 70.1 Å². The van der Waals surface area contributed by atoms with Crippen molar-refractivity contribution in [3.05, 3.63) is 81.8 Å². The molecule has 0 unspecified atom stereocenters. The predicted molar refractivity (Wildman–Crippen MR) is 108 cm³/mol. The van der Waals surface area contributed by atoms with Gasteiger partial charge in [0.25, 0.3) is 0 Å². The van der Waals surface area contributed by atoms with Crippen molar-refractivity contribution in [1.29, 1.82) is 0 Å². The number of fused-ring (bicyclic) bond motifs is 1. The van der Waals surface area contributed by atoms with Gasteiger partial charge in [0.1, 0.15) is 5.52 Å². The highest BCUT2D eigenvalue weighted by Crippen LogP contribution is 2.29. The van der Waals surface area contributed by atoms with Crippen molar-refractivity contribution in [3.8, 4) is 11.5 Å². The van der Waals surface area contributed by atoms with Crippen molar-refractivity contribution in [1.82, 2.24) is 4.98 Å². The summed E-state index contributed by atoms with van der Waals surface area (Å²) in [5.41, 5.74) is 5.17. The summed E-state index contributed by atoms with van der Waals surface area (Å²) < 4.78 is 5.89. The van der Waals surface area contributed by atoms with E-state index in [-0.39, 0.29) is 0 Å². The number of rotatable bonds is 3. The first-order valence-corrected chi connectivity index (χ1v) is 8.81. The van der Waals surface area contributed by atoms with Gasteiger partial charge < -0.3 is 4.42 Å². The number of aromatic nitrogens is 1. The second kappa shape index (κ2) is 6.94. The van der Waals surface area contributed by atoms with E-state index in [4.69, 9.17) is 27.6 Å². The molecule has 0 saturated heterocycles. The average Bonchev–Trinajstić information content (AvgIpc) is 3.04. The van der Waals surface area contributed by atoms with Crippen LogP contribution in [-0.4, -0.2) is 11.2 Å². The van der Waals surface area contributed by atoms with Crippen LogP contribution in [0.5, 0.6) is 0 Å². The number of halogens is 2. The molecule has 0 N–H and O–H groups in total. The monoisotopic (exact) mass is 380 g/mol. The molecule has 0 aliphatic heterocycles. The first-order chi connectivity index (χ1) is 12.6. The van der Waals surface area contributed by atoms with Gasteiger partial charge in [-0.2, -0.15) is 0 Å². The lowest BCUT2D eigenvalue weighted by molar-refractivity contribution is 0.619. The molecule has 1 heterocycles. The first kappa shape index (κ1) is 16.8. The standard InChI is InChI=1S/C21H14Cl2N2O/c1-13-4-2-3-5-17(13)21-25-19-11-16(8-9-20(19)26-21)24-12-14-6-7-15(22)10-18(14)23/h2-12H,1H3. The van der Waals surface area contributed by atoms with Crippen LogP contribution >= 0.6 is 23.2 Å². The molecule has 0 amide bonds. The molecular weight excluding hydrogens is 367 g/mol. The van der Waals surface area contributed by atoms with E-state index in [1.807, 2.05) is 55.5 Å². The van der Waals surface area contributed by atoms with Crippen molar-refractivity contribution >= 4 is 46.2 Å². The normalized spacial score (nSPS) is 11.5. The zero-order valence-electron chi connectivity index (χ0n) is 13.9. The molecule has 0 aliphatic rings. The number of hydrogen-bond donors (Lipinski definition) is 0. The minimum atomic E-state index is 0.561. The summed E-state index contributed by atoms with van der Waals surface area (Å²) in [6, 6.07) is 19.0. The Morgan fingerprint density at radius 2 is 1.85 bits per heavy atom. The fourth-order valence-electron chi connectivity index (χ4n) is 2.67. The summed E-state index contributed by atoms with van der Waals surface area (Å²) in [6.07, 6.45) is 1.71. The van der Waals surface area contributed by atoms with Crippen LogP contribution in [0.25, 0.3) is 22.6 Å². The fourth-order valence-corrected chi connectivity index (χ4v) is 3.13. The highest BCUT2D eigenvalue weighted by molar-refractivity contribution is 6.36. The third-order valence-corrected chi connectivity index (χ3v) is 4.62. The lowest BCUT2D eigenvalue weighted by Crippen LogP contribution is -1.82. The molecule has 0 aliphatic carbocycles. The van der Waals surface area contributed by atoms with Gasteiger partial charge in [0.15, 0.2) is 5.58 Å². The van der Waals surface area contributed by atoms with Crippen molar-refractivity contribution < 1.29 is 4.42 Å². The van der Waals surface area contributed by atoms with Crippen LogP contribution < -0.4 is 0 Å². The lowest BCUT2D eigenvalue weighted by Gasteiger charge is -1.98. The molecule has 0 atom stereocenters. The quantitative estimate of drug-likeness (QED) is 0.364. The van der Waals surface area contributed by atoms with Crippen LogP contribution in [0.2, 0.25) is 10.0 Å². The number of aryl methyl sites for hydroxylation is 1. The molecule has 3 nitrogen and oxygen atoms in total. The molecule has 0 fully saturated rings. The van der Waals surface area contributed by atoms with E-state index < -0.39 is 0 Å². The maximum atomic E-state index is 6.17. The summed E-state index contributed by atoms with van der Waals surface area (Å²) >= 11 is 12.1. The molecule has 4 rings (SSSR count). The largest absolute Gasteiger partial charge is 0.436 e. The Hall–Kier alpha value is -2.62. The van der Waals surface area contributed by atoms with Gasteiger partial charge in [-0.25, -0.2) is 4.98 Å². The Morgan fingerprint density at radius 1 is 1.00 bits per heavy atom. The third-order valence-electron chi connectivity index (χ3n) is 4.06. The van der Waals surface area contributed by atoms with Gasteiger partial charge in [0.2, 0.25) is 5.89 Å². The smallest absolute Gasteiger partial charge is 0.227 e. The Kier molecular flexibility index (Phi) is 4.49. The van der Waals surface area contributed by atoms with E-state index in [0.29, 0.717) is 15.9 Å². The SMILES string of the molecule is Cc1ccccc1-c1nc2cc(N=Cc3ccc(Cl)cc3Cl)ccc2o1. The van der Waals surface area contributed by atoms with E-state index in [1.165, 1.54) is 0 Å². The van der Waals surface area contributed by atoms with Gasteiger partial charge in [0, 0.05) is 22.4 Å².